The third kappa shape index (κ3) is 2.05. The predicted octanol–water partition coefficient (Wildman–Crippen LogP) is 6.36. The Morgan fingerprint density at radius 2 is 1.12 bits per heavy atom. The van der Waals surface area contributed by atoms with E-state index in [0.29, 0.717) is 0 Å². The van der Waals surface area contributed by atoms with E-state index in [1.807, 2.05) is 0 Å². The van der Waals surface area contributed by atoms with Crippen molar-refractivity contribution in [1.82, 2.24) is 0 Å². The highest BCUT2D eigenvalue weighted by atomic mass is 15.4. The third-order valence-electron chi connectivity index (χ3n) is 5.40. The van der Waals surface area contributed by atoms with Gasteiger partial charge in [0.1, 0.15) is 5.82 Å². The van der Waals surface area contributed by atoms with Crippen molar-refractivity contribution in [3.63, 3.8) is 0 Å². The smallest absolute Gasteiger partial charge is 0.110 e. The van der Waals surface area contributed by atoms with E-state index in [1.54, 1.807) is 0 Å². The van der Waals surface area contributed by atoms with Gasteiger partial charge in [0.15, 0.2) is 0 Å². The number of hydrogen-bond acceptors (Lipinski definition) is 2. The van der Waals surface area contributed by atoms with Crippen molar-refractivity contribution < 1.29 is 0 Å². The van der Waals surface area contributed by atoms with Crippen molar-refractivity contribution in [2.45, 2.75) is 6.92 Å². The Morgan fingerprint density at radius 3 is 1.69 bits per heavy atom. The number of benzene rings is 4. The monoisotopic (exact) mass is 336 g/mol. The van der Waals surface area contributed by atoms with Crippen LogP contribution in [0.15, 0.2) is 85.2 Å². The lowest BCUT2D eigenvalue weighted by molar-refractivity contribution is 1.09. The van der Waals surface area contributed by atoms with Gasteiger partial charge in [-0.2, -0.15) is 0 Å². The molecule has 2 nitrogen and oxygen atoms in total. The molecule has 0 fully saturated rings. The molecule has 5 rings (SSSR count). The van der Waals surface area contributed by atoms with Crippen LogP contribution < -0.4 is 9.80 Å². The van der Waals surface area contributed by atoms with E-state index in [1.165, 1.54) is 44.2 Å². The van der Waals surface area contributed by atoms with Gasteiger partial charge in [-0.05, 0) is 58.3 Å². The van der Waals surface area contributed by atoms with E-state index in [-0.39, 0.29) is 0 Å². The van der Waals surface area contributed by atoms with Gasteiger partial charge in [-0.15, -0.1) is 0 Å². The molecule has 0 N–H and O–H groups in total. The molecule has 0 spiro atoms. The van der Waals surface area contributed by atoms with E-state index in [2.05, 4.69) is 103 Å². The first-order chi connectivity index (χ1) is 12.6. The Labute approximate surface area is 153 Å². The molecule has 0 radical (unpaired) electrons. The molecule has 0 aliphatic carbocycles. The van der Waals surface area contributed by atoms with Crippen LogP contribution in [0, 0.1) is 6.92 Å². The Hall–Kier alpha value is -3.26. The van der Waals surface area contributed by atoms with Crippen molar-refractivity contribution in [3.05, 3.63) is 90.8 Å². The molecule has 1 heterocycles. The van der Waals surface area contributed by atoms with Gasteiger partial charge in [-0.1, -0.05) is 55.1 Å². The van der Waals surface area contributed by atoms with E-state index < -0.39 is 0 Å². The van der Waals surface area contributed by atoms with Crippen molar-refractivity contribution in [2.24, 2.45) is 0 Å². The molecule has 0 atom stereocenters. The molecule has 0 unspecified atom stereocenters. The lowest BCUT2D eigenvalue weighted by Gasteiger charge is -2.24. The summed E-state index contributed by atoms with van der Waals surface area (Å²) in [6.45, 7) is 6.55. The summed E-state index contributed by atoms with van der Waals surface area (Å²) in [6, 6.07) is 26.1. The summed E-state index contributed by atoms with van der Waals surface area (Å²) in [5, 5.41) is 5.02. The topological polar surface area (TPSA) is 6.48 Å². The largest absolute Gasteiger partial charge is 0.329 e. The molecule has 0 saturated heterocycles. The normalized spacial score (nSPS) is 13.7. The second kappa shape index (κ2) is 5.37. The minimum atomic E-state index is 0.980. The zero-order valence-corrected chi connectivity index (χ0v) is 15.0. The number of rotatable bonds is 1. The van der Waals surface area contributed by atoms with Gasteiger partial charge >= 0.3 is 0 Å². The van der Waals surface area contributed by atoms with Crippen LogP contribution in [0.3, 0.4) is 0 Å². The van der Waals surface area contributed by atoms with Crippen LogP contribution in [0.25, 0.3) is 21.5 Å². The van der Waals surface area contributed by atoms with Crippen LogP contribution in [0.1, 0.15) is 5.56 Å². The number of nitrogens with zero attached hydrogens (tertiary/aromatic N) is 2. The maximum Gasteiger partial charge on any atom is 0.110 e. The molecule has 0 bridgehead atoms. The molecule has 1 aliphatic rings. The summed E-state index contributed by atoms with van der Waals surface area (Å²) in [4.78, 5) is 4.46. The van der Waals surface area contributed by atoms with Crippen LogP contribution in [0.2, 0.25) is 0 Å². The lowest BCUT2D eigenvalue weighted by atomic mass is 10.0. The number of hydrogen-bond donors (Lipinski definition) is 0. The van der Waals surface area contributed by atoms with Crippen molar-refractivity contribution >= 4 is 38.6 Å². The zero-order valence-electron chi connectivity index (χ0n) is 15.0. The van der Waals surface area contributed by atoms with Gasteiger partial charge in [-0.3, -0.25) is 4.90 Å². The fraction of sp³-hybridized carbons (Fsp3) is 0.0833. The molecule has 0 saturated carbocycles. The fourth-order valence-corrected chi connectivity index (χ4v) is 3.94. The van der Waals surface area contributed by atoms with Gasteiger partial charge in [0.05, 0.1) is 17.1 Å². The second-order valence-electron chi connectivity index (χ2n) is 6.98. The van der Waals surface area contributed by atoms with Gasteiger partial charge in [0, 0.05) is 7.05 Å². The Morgan fingerprint density at radius 1 is 0.654 bits per heavy atom. The maximum atomic E-state index is 4.37. The highest BCUT2D eigenvalue weighted by Crippen LogP contribution is 2.47. The van der Waals surface area contributed by atoms with Gasteiger partial charge in [0.2, 0.25) is 0 Å². The maximum absolute atomic E-state index is 4.37. The van der Waals surface area contributed by atoms with E-state index in [4.69, 9.17) is 0 Å². The van der Waals surface area contributed by atoms with E-state index >= 15 is 0 Å². The van der Waals surface area contributed by atoms with Crippen LogP contribution >= 0.6 is 0 Å². The Bertz CT molecular complexity index is 1190. The lowest BCUT2D eigenvalue weighted by Crippen LogP contribution is -2.21. The van der Waals surface area contributed by atoms with Gasteiger partial charge in [0.25, 0.3) is 0 Å². The van der Waals surface area contributed by atoms with Crippen molar-refractivity contribution in [3.8, 4) is 0 Å². The standard InChI is InChI=1S/C24H20N2/c1-16-12-18-8-4-5-9-19(18)13-22(16)26-17(2)25(3)23-14-20-10-6-7-11-21(20)15-24(23)26/h4-15H,2H2,1,3H3. The molecular formula is C24H20N2. The Balaban J connectivity index is 1.77. The van der Waals surface area contributed by atoms with Crippen LogP contribution in [0.4, 0.5) is 17.1 Å². The van der Waals surface area contributed by atoms with Crippen molar-refractivity contribution in [1.29, 1.82) is 0 Å². The molecule has 126 valence electrons. The van der Waals surface area contributed by atoms with Crippen LogP contribution in [-0.2, 0) is 0 Å². The fourth-order valence-electron chi connectivity index (χ4n) is 3.94. The molecule has 2 heteroatoms. The molecule has 0 amide bonds. The summed E-state index contributed by atoms with van der Waals surface area (Å²) in [5.74, 6) is 0.980. The van der Waals surface area contributed by atoms with Crippen LogP contribution in [0.5, 0.6) is 0 Å². The summed E-state index contributed by atoms with van der Waals surface area (Å²) >= 11 is 0. The SMILES string of the molecule is C=C1N(C)c2cc3ccccc3cc2N1c1cc2ccccc2cc1C. The number of fused-ring (bicyclic) bond motifs is 3. The first-order valence-corrected chi connectivity index (χ1v) is 8.88. The Kier molecular flexibility index (Phi) is 3.10. The first kappa shape index (κ1) is 15.0. The average Bonchev–Trinajstić information content (AvgIpc) is 2.90. The predicted molar refractivity (Wildman–Crippen MR) is 112 cm³/mol. The average molecular weight is 336 g/mol. The third-order valence-corrected chi connectivity index (χ3v) is 5.40. The number of aryl methyl sites for hydroxylation is 1. The molecule has 0 aromatic heterocycles. The minimum Gasteiger partial charge on any atom is -0.329 e. The summed E-state index contributed by atoms with van der Waals surface area (Å²) < 4.78 is 0. The molecule has 4 aromatic rings. The number of anilines is 3. The van der Waals surface area contributed by atoms with E-state index in [0.717, 1.165) is 5.82 Å². The molecular weight excluding hydrogens is 316 g/mol. The van der Waals surface area contributed by atoms with E-state index in [9.17, 15) is 0 Å². The van der Waals surface area contributed by atoms with Crippen molar-refractivity contribution in [2.75, 3.05) is 16.8 Å². The first-order valence-electron chi connectivity index (χ1n) is 8.88. The summed E-state index contributed by atoms with van der Waals surface area (Å²) in [6.07, 6.45) is 0. The summed E-state index contributed by atoms with van der Waals surface area (Å²) in [5.41, 5.74) is 4.82. The highest BCUT2D eigenvalue weighted by Gasteiger charge is 2.30. The molecule has 26 heavy (non-hydrogen) atoms. The van der Waals surface area contributed by atoms with Crippen LogP contribution in [-0.4, -0.2) is 7.05 Å². The van der Waals surface area contributed by atoms with Gasteiger partial charge < -0.3 is 4.90 Å². The quantitative estimate of drug-likeness (QED) is 0.399. The van der Waals surface area contributed by atoms with Gasteiger partial charge in [-0.25, -0.2) is 0 Å². The zero-order chi connectivity index (χ0) is 17.8. The molecule has 4 aromatic carbocycles. The molecule has 1 aliphatic heterocycles. The minimum absolute atomic E-state index is 0.980. The summed E-state index contributed by atoms with van der Waals surface area (Å²) in [7, 11) is 2.09. The highest BCUT2D eigenvalue weighted by molar-refractivity contribution is 6.00. The second-order valence-corrected chi connectivity index (χ2v) is 6.98.